The smallest absolute Gasteiger partial charge is 0.289 e. The van der Waals surface area contributed by atoms with Gasteiger partial charge in [-0.2, -0.15) is 0 Å². The zero-order chi connectivity index (χ0) is 11.4. The largest absolute Gasteiger partial charge is 0.361 e. The molecule has 84 valence electrons. The van der Waals surface area contributed by atoms with Gasteiger partial charge in [0.05, 0.1) is 0 Å². The van der Waals surface area contributed by atoms with E-state index in [1.54, 1.807) is 0 Å². The van der Waals surface area contributed by atoms with Crippen LogP contribution in [0.1, 0.15) is 27.7 Å². The molecule has 1 heterocycles. The predicted octanol–water partition coefficient (Wildman–Crippen LogP) is 0.858. The monoisotopic (exact) mass is 207 g/mol. The van der Waals surface area contributed by atoms with Crippen LogP contribution in [-0.4, -0.2) is 55.3 Å². The Labute approximate surface area is 96.7 Å². The van der Waals surface area contributed by atoms with E-state index in [1.165, 1.54) is 6.32 Å². The van der Waals surface area contributed by atoms with Crippen molar-refractivity contribution in [1.29, 1.82) is 0 Å². The van der Waals surface area contributed by atoms with Crippen LogP contribution in [0.2, 0.25) is 13.1 Å². The van der Waals surface area contributed by atoms with Crippen molar-refractivity contribution in [3.8, 4) is 0 Å². The summed E-state index contributed by atoms with van der Waals surface area (Å²) in [6.45, 7) is 16.1. The van der Waals surface area contributed by atoms with E-state index in [2.05, 4.69) is 48.7 Å². The maximum Gasteiger partial charge on any atom is 0.289 e. The van der Waals surface area contributed by atoms with Gasteiger partial charge in [-0.3, -0.25) is 0 Å². The summed E-state index contributed by atoms with van der Waals surface area (Å²) in [4.78, 5) is 0. The van der Waals surface area contributed by atoms with E-state index in [9.17, 15) is 0 Å². The molecule has 6 heteroatoms. The Bertz CT molecular complexity index is 193. The van der Waals surface area contributed by atoms with Crippen molar-refractivity contribution in [2.45, 2.75) is 40.8 Å². The summed E-state index contributed by atoms with van der Waals surface area (Å²) in [5, 5.41) is 0. The molecule has 1 rings (SSSR count). The van der Waals surface area contributed by atoms with Crippen LogP contribution in [0.3, 0.4) is 0 Å². The van der Waals surface area contributed by atoms with Gasteiger partial charge in [0.25, 0.3) is 21.5 Å². The lowest BCUT2D eigenvalue weighted by atomic mass is 9.49. The highest BCUT2D eigenvalue weighted by Crippen LogP contribution is 2.16. The van der Waals surface area contributed by atoms with E-state index in [0.717, 1.165) is 27.2 Å². The Morgan fingerprint density at radius 3 is 1.93 bits per heavy atom. The molecule has 0 bridgehead atoms. The van der Waals surface area contributed by atoms with Crippen LogP contribution in [0, 0.1) is 0 Å². The lowest BCUT2D eigenvalue weighted by molar-refractivity contribution is 0.470. The van der Waals surface area contributed by atoms with Gasteiger partial charge in [-0.05, 0) is 26.0 Å². The van der Waals surface area contributed by atoms with Crippen LogP contribution < -0.4 is 0 Å². The zero-order valence-electron chi connectivity index (χ0n) is 11.0. The van der Waals surface area contributed by atoms with Gasteiger partial charge >= 0.3 is 0 Å². The molecule has 0 saturated carbocycles. The van der Waals surface area contributed by atoms with Gasteiger partial charge in [-0.25, -0.2) is 0 Å². The highest BCUT2D eigenvalue weighted by atomic mass is 15.3. The molecule has 0 atom stereocenters. The molecule has 0 N–H and O–H groups in total. The summed E-state index contributed by atoms with van der Waals surface area (Å²) >= 11 is 0. The second kappa shape index (κ2) is 5.97. The number of hydrogen-bond donors (Lipinski definition) is 0. The molecule has 0 aliphatic carbocycles. The predicted molar refractivity (Wildman–Crippen MR) is 72.1 cm³/mol. The van der Waals surface area contributed by atoms with Crippen molar-refractivity contribution < 1.29 is 0 Å². The Hall–Kier alpha value is 0.0748. The summed E-state index contributed by atoms with van der Waals surface area (Å²) in [6, 6.07) is 0. The van der Waals surface area contributed by atoms with Crippen LogP contribution in [0.4, 0.5) is 0 Å². The van der Waals surface area contributed by atoms with Crippen molar-refractivity contribution in [2.24, 2.45) is 0 Å². The summed E-state index contributed by atoms with van der Waals surface area (Å²) in [7, 11) is 1.13. The first-order valence-electron chi connectivity index (χ1n) is 6.43. The molecule has 0 aromatic carbocycles. The second-order valence-corrected chi connectivity index (χ2v) is 4.30. The van der Waals surface area contributed by atoms with Crippen molar-refractivity contribution in [3.05, 3.63) is 0 Å². The molecule has 0 amide bonds. The standard InChI is InChI=1S/C9H24B3N3/c1-6-12-14(8-3)10-13(7-2)11(5)15(12)9-4/h10H,6-9H2,1-5H3. The zero-order valence-corrected chi connectivity index (χ0v) is 11.0. The fraction of sp³-hybridized carbons (Fsp3) is 1.00. The average Bonchev–Trinajstić information content (AvgIpc) is 2.28. The van der Waals surface area contributed by atoms with Crippen LogP contribution in [0.5, 0.6) is 0 Å². The van der Waals surface area contributed by atoms with Gasteiger partial charge in [0.15, 0.2) is 0 Å². The first kappa shape index (κ1) is 13.1. The molecular formula is C9H24B3N3. The lowest BCUT2D eigenvalue weighted by Crippen LogP contribution is -2.71. The minimum atomic E-state index is 0.591. The van der Waals surface area contributed by atoms with Gasteiger partial charge in [0.1, 0.15) is 0 Å². The number of nitrogens with zero attached hydrogens (tertiary/aromatic N) is 3. The van der Waals surface area contributed by atoms with E-state index in [4.69, 9.17) is 0 Å². The average molecular weight is 207 g/mol. The van der Waals surface area contributed by atoms with Crippen molar-refractivity contribution in [2.75, 3.05) is 19.6 Å². The quantitative estimate of drug-likeness (QED) is 0.632. The molecule has 1 aliphatic heterocycles. The van der Waals surface area contributed by atoms with Crippen LogP contribution >= 0.6 is 0 Å². The maximum atomic E-state index is 2.61. The van der Waals surface area contributed by atoms with Crippen molar-refractivity contribution in [1.82, 2.24) is 14.2 Å². The van der Waals surface area contributed by atoms with Crippen LogP contribution in [-0.2, 0) is 0 Å². The third-order valence-corrected chi connectivity index (χ3v) is 3.72. The van der Waals surface area contributed by atoms with Crippen LogP contribution in [0.25, 0.3) is 0 Å². The van der Waals surface area contributed by atoms with Crippen molar-refractivity contribution >= 4 is 21.5 Å². The molecule has 0 spiro atoms. The topological polar surface area (TPSA) is 9.72 Å². The highest BCUT2D eigenvalue weighted by molar-refractivity contribution is 6.80. The maximum absolute atomic E-state index is 2.61. The van der Waals surface area contributed by atoms with Gasteiger partial charge in [-0.15, -0.1) is 0 Å². The molecule has 0 radical (unpaired) electrons. The highest BCUT2D eigenvalue weighted by Gasteiger charge is 2.40. The fourth-order valence-electron chi connectivity index (χ4n) is 2.76. The number of hydrogen-bond acceptors (Lipinski definition) is 3. The molecule has 0 unspecified atom stereocenters. The summed E-state index contributed by atoms with van der Waals surface area (Å²) in [5.74, 6) is 0. The van der Waals surface area contributed by atoms with E-state index < -0.39 is 0 Å². The summed E-state index contributed by atoms with van der Waals surface area (Å²) in [5.41, 5.74) is 0. The third kappa shape index (κ3) is 2.60. The van der Waals surface area contributed by atoms with E-state index >= 15 is 0 Å². The molecule has 1 aliphatic rings. The minimum Gasteiger partial charge on any atom is -0.361 e. The summed E-state index contributed by atoms with van der Waals surface area (Å²) in [6.07, 6.45) is 1.23. The molecule has 0 aromatic rings. The Morgan fingerprint density at radius 1 is 0.933 bits per heavy atom. The van der Waals surface area contributed by atoms with Gasteiger partial charge in [0.2, 0.25) is 0 Å². The fourth-order valence-corrected chi connectivity index (χ4v) is 2.76. The first-order valence-corrected chi connectivity index (χ1v) is 6.43. The Kier molecular flexibility index (Phi) is 5.23. The Balaban J connectivity index is 2.78. The lowest BCUT2D eigenvalue weighted by Gasteiger charge is -2.48. The molecule has 1 fully saturated rings. The van der Waals surface area contributed by atoms with E-state index in [1.807, 2.05) is 0 Å². The van der Waals surface area contributed by atoms with Crippen molar-refractivity contribution in [3.63, 3.8) is 0 Å². The minimum absolute atomic E-state index is 0.591. The third-order valence-electron chi connectivity index (χ3n) is 3.72. The first-order chi connectivity index (χ1) is 7.19. The SMILES string of the molecule is CCB1N(CC)BN(CC)B(C)N1CC. The molecule has 1 saturated heterocycles. The van der Waals surface area contributed by atoms with Gasteiger partial charge in [-0.1, -0.05) is 34.5 Å². The molecule has 0 aromatic heterocycles. The van der Waals surface area contributed by atoms with Gasteiger partial charge < -0.3 is 14.2 Å². The molecule has 15 heavy (non-hydrogen) atoms. The number of rotatable bonds is 4. The molecular weight excluding hydrogens is 183 g/mol. The second-order valence-electron chi connectivity index (χ2n) is 4.30. The van der Waals surface area contributed by atoms with E-state index in [-0.39, 0.29) is 0 Å². The summed E-state index contributed by atoms with van der Waals surface area (Å²) < 4.78 is 7.72. The normalized spacial score (nSPS) is 20.9. The van der Waals surface area contributed by atoms with Crippen LogP contribution in [0.15, 0.2) is 0 Å². The van der Waals surface area contributed by atoms with Gasteiger partial charge in [0, 0.05) is 0 Å². The Morgan fingerprint density at radius 2 is 1.53 bits per heavy atom. The van der Waals surface area contributed by atoms with E-state index in [0.29, 0.717) is 14.0 Å². The molecule has 3 nitrogen and oxygen atoms in total.